The van der Waals surface area contributed by atoms with E-state index < -0.39 is 24.0 Å². The van der Waals surface area contributed by atoms with Crippen LogP contribution in [-0.4, -0.2) is 72.4 Å². The van der Waals surface area contributed by atoms with Crippen LogP contribution in [0.15, 0.2) is 36.0 Å². The van der Waals surface area contributed by atoms with Crippen molar-refractivity contribution in [2.24, 2.45) is 5.92 Å². The lowest BCUT2D eigenvalue weighted by Gasteiger charge is -2.38. The number of rotatable bonds is 4. The van der Waals surface area contributed by atoms with Gasteiger partial charge in [0.05, 0.1) is 29.8 Å². The fourth-order valence-electron chi connectivity index (χ4n) is 4.47. The van der Waals surface area contributed by atoms with Crippen LogP contribution >= 0.6 is 11.6 Å². The standard InChI is InChI=1S/C22H25ClN4O5/c1-3-32-21(30)13-8-10-26(11-9-13)19(28)16-12-25(2)18-17(16)24-22(31)27(20(18)29)15-6-4-14(23)5-7-15/h4-7,12-13,17-18H,3,8-11H2,1-2H3,(H,24,31). The summed E-state index contributed by atoms with van der Waals surface area (Å²) in [7, 11) is 1.71. The number of hydrogen-bond donors (Lipinski definition) is 1. The van der Waals surface area contributed by atoms with Gasteiger partial charge < -0.3 is 19.9 Å². The van der Waals surface area contributed by atoms with E-state index in [9.17, 15) is 19.2 Å². The third-order valence-electron chi connectivity index (χ3n) is 6.12. The van der Waals surface area contributed by atoms with Crippen LogP contribution in [0.25, 0.3) is 0 Å². The first kappa shape index (κ1) is 22.1. The van der Waals surface area contributed by atoms with Crippen molar-refractivity contribution >= 4 is 41.1 Å². The molecule has 4 rings (SSSR count). The second-order valence-electron chi connectivity index (χ2n) is 8.09. The summed E-state index contributed by atoms with van der Waals surface area (Å²) in [5.74, 6) is -1.09. The van der Waals surface area contributed by atoms with E-state index in [4.69, 9.17) is 16.3 Å². The Hall–Kier alpha value is -3.07. The first-order valence-corrected chi connectivity index (χ1v) is 11.0. The van der Waals surface area contributed by atoms with E-state index >= 15 is 0 Å². The Morgan fingerprint density at radius 1 is 1.16 bits per heavy atom. The van der Waals surface area contributed by atoms with Crippen LogP contribution in [0.2, 0.25) is 5.02 Å². The summed E-state index contributed by atoms with van der Waals surface area (Å²) < 4.78 is 5.08. The van der Waals surface area contributed by atoms with Crippen molar-refractivity contribution in [1.29, 1.82) is 0 Å². The highest BCUT2D eigenvalue weighted by atomic mass is 35.5. The quantitative estimate of drug-likeness (QED) is 0.687. The molecule has 1 aromatic rings. The molecule has 2 saturated heterocycles. The molecule has 2 fully saturated rings. The second-order valence-corrected chi connectivity index (χ2v) is 8.53. The van der Waals surface area contributed by atoms with Crippen LogP contribution in [0.3, 0.4) is 0 Å². The lowest BCUT2D eigenvalue weighted by molar-refractivity contribution is -0.150. The van der Waals surface area contributed by atoms with Crippen LogP contribution in [0.1, 0.15) is 19.8 Å². The molecule has 0 aromatic heterocycles. The lowest BCUT2D eigenvalue weighted by Crippen LogP contribution is -2.65. The minimum atomic E-state index is -0.737. The van der Waals surface area contributed by atoms with Crippen LogP contribution in [-0.2, 0) is 19.1 Å². The molecule has 1 aromatic carbocycles. The number of ether oxygens (including phenoxy) is 1. The third-order valence-corrected chi connectivity index (χ3v) is 6.37. The molecule has 3 aliphatic heterocycles. The number of hydrogen-bond acceptors (Lipinski definition) is 6. The number of urea groups is 1. The molecule has 0 radical (unpaired) electrons. The number of amides is 4. The summed E-state index contributed by atoms with van der Waals surface area (Å²) >= 11 is 5.92. The molecule has 2 atom stereocenters. The number of nitrogens with one attached hydrogen (secondary N) is 1. The van der Waals surface area contributed by atoms with Gasteiger partial charge in [-0.1, -0.05) is 11.6 Å². The van der Waals surface area contributed by atoms with Gasteiger partial charge in [0.25, 0.3) is 11.8 Å². The van der Waals surface area contributed by atoms with Crippen molar-refractivity contribution in [3.05, 3.63) is 41.1 Å². The van der Waals surface area contributed by atoms with Crippen molar-refractivity contribution in [3.8, 4) is 0 Å². The number of anilines is 1. The molecule has 0 bridgehead atoms. The van der Waals surface area contributed by atoms with Gasteiger partial charge in [-0.15, -0.1) is 0 Å². The normalized spacial score (nSPS) is 23.6. The predicted octanol–water partition coefficient (Wildman–Crippen LogP) is 1.76. The summed E-state index contributed by atoms with van der Waals surface area (Å²) in [4.78, 5) is 55.6. The lowest BCUT2D eigenvalue weighted by atomic mass is 9.94. The van der Waals surface area contributed by atoms with Crippen LogP contribution in [0.5, 0.6) is 0 Å². The fraction of sp³-hybridized carbons (Fsp3) is 0.455. The second kappa shape index (κ2) is 8.82. The van der Waals surface area contributed by atoms with Crippen molar-refractivity contribution in [1.82, 2.24) is 15.1 Å². The highest BCUT2D eigenvalue weighted by Gasteiger charge is 2.50. The van der Waals surface area contributed by atoms with Gasteiger partial charge in [-0.3, -0.25) is 14.4 Å². The summed E-state index contributed by atoms with van der Waals surface area (Å²) in [5.41, 5.74) is 0.772. The molecular formula is C22H25ClN4O5. The number of esters is 1. The van der Waals surface area contributed by atoms with E-state index in [0.29, 0.717) is 48.8 Å². The summed E-state index contributed by atoms with van der Waals surface area (Å²) in [6.45, 7) is 2.93. The number of benzene rings is 1. The zero-order valence-electron chi connectivity index (χ0n) is 17.9. The number of carbonyl (C=O) groups excluding carboxylic acids is 4. The van der Waals surface area contributed by atoms with E-state index in [1.165, 1.54) is 0 Å². The number of likely N-dealkylation sites (tertiary alicyclic amines) is 1. The van der Waals surface area contributed by atoms with E-state index in [-0.39, 0.29) is 17.8 Å². The number of imide groups is 1. The number of piperidine rings is 1. The Balaban J connectivity index is 1.47. The molecule has 9 nitrogen and oxygen atoms in total. The van der Waals surface area contributed by atoms with Gasteiger partial charge in [0, 0.05) is 31.4 Å². The summed E-state index contributed by atoms with van der Waals surface area (Å²) in [6, 6.07) is 4.36. The molecule has 0 saturated carbocycles. The third kappa shape index (κ3) is 3.92. The number of fused-ring (bicyclic) bond motifs is 1. The minimum Gasteiger partial charge on any atom is -0.466 e. The molecule has 0 aliphatic carbocycles. The van der Waals surface area contributed by atoms with Crippen LogP contribution < -0.4 is 10.2 Å². The summed E-state index contributed by atoms with van der Waals surface area (Å²) in [6.07, 6.45) is 2.67. The van der Waals surface area contributed by atoms with Gasteiger partial charge >= 0.3 is 12.0 Å². The van der Waals surface area contributed by atoms with E-state index in [1.807, 2.05) is 0 Å². The number of likely N-dealkylation sites (N-methyl/N-ethyl adjacent to an activating group) is 1. The maximum atomic E-state index is 13.2. The number of nitrogens with zero attached hydrogens (tertiary/aromatic N) is 3. The topological polar surface area (TPSA) is 99.3 Å². The first-order valence-electron chi connectivity index (χ1n) is 10.6. The molecular weight excluding hydrogens is 436 g/mol. The highest BCUT2D eigenvalue weighted by Crippen LogP contribution is 2.31. The van der Waals surface area contributed by atoms with Crippen molar-refractivity contribution in [2.75, 3.05) is 31.6 Å². The minimum absolute atomic E-state index is 0.212. The molecule has 2 unspecified atom stereocenters. The molecule has 3 aliphatic rings. The van der Waals surface area contributed by atoms with Gasteiger partial charge in [-0.25, -0.2) is 9.69 Å². The van der Waals surface area contributed by atoms with Gasteiger partial charge in [0.2, 0.25) is 0 Å². The molecule has 3 heterocycles. The van der Waals surface area contributed by atoms with E-state index in [0.717, 1.165) is 4.90 Å². The molecule has 170 valence electrons. The first-order chi connectivity index (χ1) is 15.3. The fourth-order valence-corrected chi connectivity index (χ4v) is 4.60. The summed E-state index contributed by atoms with van der Waals surface area (Å²) in [5, 5.41) is 3.31. The number of carbonyl (C=O) groups is 4. The average Bonchev–Trinajstić information content (AvgIpc) is 3.11. The molecule has 32 heavy (non-hydrogen) atoms. The maximum Gasteiger partial charge on any atom is 0.329 e. The highest BCUT2D eigenvalue weighted by molar-refractivity contribution is 6.30. The Kier molecular flexibility index (Phi) is 6.10. The van der Waals surface area contributed by atoms with Crippen LogP contribution in [0.4, 0.5) is 10.5 Å². The van der Waals surface area contributed by atoms with Crippen molar-refractivity contribution in [3.63, 3.8) is 0 Å². The van der Waals surface area contributed by atoms with Gasteiger partial charge in [0.1, 0.15) is 6.04 Å². The monoisotopic (exact) mass is 460 g/mol. The average molecular weight is 461 g/mol. The SMILES string of the molecule is CCOC(=O)C1CCN(C(=O)C2=CN(C)C3C(=O)N(c4ccc(Cl)cc4)C(=O)NC23)CC1. The zero-order chi connectivity index (χ0) is 23.0. The zero-order valence-corrected chi connectivity index (χ0v) is 18.7. The van der Waals surface area contributed by atoms with Gasteiger partial charge in [-0.05, 0) is 44.0 Å². The maximum absolute atomic E-state index is 13.2. The van der Waals surface area contributed by atoms with Gasteiger partial charge in [-0.2, -0.15) is 0 Å². The smallest absolute Gasteiger partial charge is 0.329 e. The van der Waals surface area contributed by atoms with E-state index in [1.54, 1.807) is 54.2 Å². The Morgan fingerprint density at radius 3 is 2.44 bits per heavy atom. The van der Waals surface area contributed by atoms with Crippen molar-refractivity contribution in [2.45, 2.75) is 31.8 Å². The molecule has 0 spiro atoms. The molecule has 1 N–H and O–H groups in total. The Morgan fingerprint density at radius 2 is 1.81 bits per heavy atom. The molecule has 4 amide bonds. The Labute approximate surface area is 190 Å². The predicted molar refractivity (Wildman–Crippen MR) is 117 cm³/mol. The largest absolute Gasteiger partial charge is 0.466 e. The number of halogens is 1. The molecule has 10 heteroatoms. The van der Waals surface area contributed by atoms with Gasteiger partial charge in [0.15, 0.2) is 0 Å². The van der Waals surface area contributed by atoms with E-state index in [2.05, 4.69) is 5.32 Å². The van der Waals surface area contributed by atoms with Crippen molar-refractivity contribution < 1.29 is 23.9 Å². The van der Waals surface area contributed by atoms with Crippen LogP contribution in [0, 0.1) is 5.92 Å². The Bertz CT molecular complexity index is 971.